The maximum atomic E-state index is 11.8. The van der Waals surface area contributed by atoms with Gasteiger partial charge >= 0.3 is 0 Å². The molecule has 0 saturated carbocycles. The highest BCUT2D eigenvalue weighted by atomic mass is 35.5. The molecule has 0 spiro atoms. The van der Waals surface area contributed by atoms with Gasteiger partial charge in [0.15, 0.2) is 6.61 Å². The molecule has 2 N–H and O–H groups in total. The van der Waals surface area contributed by atoms with Gasteiger partial charge in [-0.1, -0.05) is 23.2 Å². The third-order valence-corrected chi connectivity index (χ3v) is 4.37. The van der Waals surface area contributed by atoms with Crippen molar-refractivity contribution in [3.8, 4) is 5.75 Å². The van der Waals surface area contributed by atoms with Crippen LogP contribution in [0.2, 0.25) is 10.0 Å². The molecule has 7 heteroatoms. The lowest BCUT2D eigenvalue weighted by atomic mass is 10.2. The van der Waals surface area contributed by atoms with Crippen LogP contribution in [0.15, 0.2) is 54.7 Å². The summed E-state index contributed by atoms with van der Waals surface area (Å²) < 4.78 is 5.40. The van der Waals surface area contributed by atoms with Gasteiger partial charge in [0.1, 0.15) is 5.75 Å². The van der Waals surface area contributed by atoms with Gasteiger partial charge < -0.3 is 15.4 Å². The van der Waals surface area contributed by atoms with Gasteiger partial charge in [-0.3, -0.25) is 9.78 Å². The van der Waals surface area contributed by atoms with Crippen molar-refractivity contribution < 1.29 is 9.53 Å². The summed E-state index contributed by atoms with van der Waals surface area (Å²) >= 11 is 11.8. The number of anilines is 1. The quantitative estimate of drug-likeness (QED) is 0.542. The van der Waals surface area contributed by atoms with E-state index in [2.05, 4.69) is 15.6 Å². The Hall–Kier alpha value is -2.50. The van der Waals surface area contributed by atoms with Crippen molar-refractivity contribution in [3.05, 3.63) is 64.8 Å². The summed E-state index contributed by atoms with van der Waals surface area (Å²) in [5, 5.41) is 8.51. The van der Waals surface area contributed by atoms with Crippen molar-refractivity contribution in [2.24, 2.45) is 0 Å². The number of amides is 1. The molecule has 0 fully saturated rings. The van der Waals surface area contributed by atoms with Gasteiger partial charge in [0.25, 0.3) is 5.91 Å². The van der Waals surface area contributed by atoms with Crippen LogP contribution in [0.5, 0.6) is 5.75 Å². The Bertz CT molecular complexity index is 917. The Kier molecular flexibility index (Phi) is 6.74. The zero-order valence-corrected chi connectivity index (χ0v) is 16.1. The third-order valence-electron chi connectivity index (χ3n) is 3.88. The van der Waals surface area contributed by atoms with Gasteiger partial charge in [0.05, 0.1) is 5.52 Å². The van der Waals surface area contributed by atoms with E-state index in [1.807, 2.05) is 24.3 Å². The Balaban J connectivity index is 1.38. The van der Waals surface area contributed by atoms with Crippen molar-refractivity contribution in [3.63, 3.8) is 0 Å². The summed E-state index contributed by atoms with van der Waals surface area (Å²) in [6.45, 7) is 1.26. The van der Waals surface area contributed by atoms with Crippen LogP contribution in [0.25, 0.3) is 10.9 Å². The molecule has 0 saturated heterocycles. The molecule has 0 radical (unpaired) electrons. The second-order valence-electron chi connectivity index (χ2n) is 5.89. The van der Waals surface area contributed by atoms with Gasteiger partial charge in [-0.25, -0.2) is 0 Å². The van der Waals surface area contributed by atoms with E-state index in [9.17, 15) is 4.79 Å². The molecule has 0 aliphatic heterocycles. The molecular formula is C20H19Cl2N3O2. The summed E-state index contributed by atoms with van der Waals surface area (Å²) in [6, 6.07) is 14.4. The van der Waals surface area contributed by atoms with Crippen LogP contribution in [0.3, 0.4) is 0 Å². The van der Waals surface area contributed by atoms with Gasteiger partial charge in [-0.05, 0) is 55.0 Å². The molecular weight excluding hydrogens is 385 g/mol. The summed E-state index contributed by atoms with van der Waals surface area (Å²) in [5.74, 6) is 0.454. The van der Waals surface area contributed by atoms with Crippen molar-refractivity contribution >= 4 is 45.7 Å². The largest absolute Gasteiger partial charge is 0.484 e. The van der Waals surface area contributed by atoms with Crippen LogP contribution < -0.4 is 15.4 Å². The van der Waals surface area contributed by atoms with Crippen LogP contribution in [-0.2, 0) is 4.79 Å². The maximum Gasteiger partial charge on any atom is 0.257 e. The van der Waals surface area contributed by atoms with Crippen molar-refractivity contribution in [2.75, 3.05) is 25.0 Å². The topological polar surface area (TPSA) is 63.2 Å². The standard InChI is InChI=1S/C20H19Cl2N3O2/c21-14-2-5-16(6-3-14)27-13-20(26)25-10-1-9-23-18-8-11-24-19-12-15(22)4-7-17(18)19/h2-8,11-12H,1,9-10,13H2,(H,23,24)(H,25,26). The lowest BCUT2D eigenvalue weighted by Gasteiger charge is -2.10. The fraction of sp³-hybridized carbons (Fsp3) is 0.200. The molecule has 3 rings (SSSR count). The molecule has 0 aliphatic carbocycles. The molecule has 1 amide bonds. The number of pyridine rings is 1. The normalized spacial score (nSPS) is 10.6. The molecule has 1 aromatic heterocycles. The van der Waals surface area contributed by atoms with Crippen LogP contribution in [0.1, 0.15) is 6.42 Å². The first-order valence-electron chi connectivity index (χ1n) is 8.55. The van der Waals surface area contributed by atoms with E-state index >= 15 is 0 Å². The lowest BCUT2D eigenvalue weighted by Crippen LogP contribution is -2.30. The number of aromatic nitrogens is 1. The summed E-state index contributed by atoms with van der Waals surface area (Å²) in [7, 11) is 0. The van der Waals surface area contributed by atoms with E-state index in [0.717, 1.165) is 29.6 Å². The molecule has 3 aromatic rings. The van der Waals surface area contributed by atoms with E-state index in [1.54, 1.807) is 30.5 Å². The van der Waals surface area contributed by atoms with Crippen molar-refractivity contribution in [1.82, 2.24) is 10.3 Å². The van der Waals surface area contributed by atoms with Crippen LogP contribution in [0.4, 0.5) is 5.69 Å². The minimum Gasteiger partial charge on any atom is -0.484 e. The summed E-state index contributed by atoms with van der Waals surface area (Å²) in [6.07, 6.45) is 2.53. The van der Waals surface area contributed by atoms with Crippen LogP contribution >= 0.6 is 23.2 Å². The first-order chi connectivity index (χ1) is 13.1. The number of hydrogen-bond donors (Lipinski definition) is 2. The molecule has 0 aliphatic rings. The molecule has 1 heterocycles. The Morgan fingerprint density at radius 3 is 2.59 bits per heavy atom. The van der Waals surface area contributed by atoms with E-state index in [1.165, 1.54) is 0 Å². The Labute approximate surface area is 167 Å². The second kappa shape index (κ2) is 9.44. The van der Waals surface area contributed by atoms with E-state index in [0.29, 0.717) is 22.3 Å². The first-order valence-corrected chi connectivity index (χ1v) is 9.30. The van der Waals surface area contributed by atoms with Crippen LogP contribution in [-0.4, -0.2) is 30.6 Å². The number of ether oxygens (including phenoxy) is 1. The number of nitrogens with zero attached hydrogens (tertiary/aromatic N) is 1. The third kappa shape index (κ3) is 5.74. The van der Waals surface area contributed by atoms with Crippen LogP contribution in [0, 0.1) is 0 Å². The minimum atomic E-state index is -0.158. The molecule has 27 heavy (non-hydrogen) atoms. The number of fused-ring (bicyclic) bond motifs is 1. The van der Waals surface area contributed by atoms with Crippen molar-refractivity contribution in [2.45, 2.75) is 6.42 Å². The fourth-order valence-corrected chi connectivity index (χ4v) is 2.84. The number of hydrogen-bond acceptors (Lipinski definition) is 4. The molecule has 0 atom stereocenters. The first kappa shape index (κ1) is 19.3. The SMILES string of the molecule is O=C(COc1ccc(Cl)cc1)NCCCNc1ccnc2cc(Cl)ccc12. The highest BCUT2D eigenvalue weighted by Gasteiger charge is 2.04. The lowest BCUT2D eigenvalue weighted by molar-refractivity contribution is -0.123. The number of halogens is 2. The minimum absolute atomic E-state index is 0.0230. The predicted octanol–water partition coefficient (Wildman–Crippen LogP) is 4.54. The number of carbonyl (C=O) groups is 1. The Morgan fingerprint density at radius 2 is 1.78 bits per heavy atom. The predicted molar refractivity (Wildman–Crippen MR) is 110 cm³/mol. The maximum absolute atomic E-state index is 11.8. The second-order valence-corrected chi connectivity index (χ2v) is 6.77. The number of nitrogens with one attached hydrogen (secondary N) is 2. The fourth-order valence-electron chi connectivity index (χ4n) is 2.55. The van der Waals surface area contributed by atoms with E-state index in [4.69, 9.17) is 27.9 Å². The summed E-state index contributed by atoms with van der Waals surface area (Å²) in [5.41, 5.74) is 1.84. The molecule has 140 valence electrons. The Morgan fingerprint density at radius 1 is 1.00 bits per heavy atom. The number of rotatable bonds is 8. The van der Waals surface area contributed by atoms with Crippen molar-refractivity contribution in [1.29, 1.82) is 0 Å². The zero-order valence-electron chi connectivity index (χ0n) is 14.5. The van der Waals surface area contributed by atoms with Gasteiger partial charge in [-0.2, -0.15) is 0 Å². The monoisotopic (exact) mass is 403 g/mol. The number of carbonyl (C=O) groups excluding carboxylic acids is 1. The molecule has 0 unspecified atom stereocenters. The zero-order chi connectivity index (χ0) is 19.1. The highest BCUT2D eigenvalue weighted by molar-refractivity contribution is 6.31. The average Bonchev–Trinajstić information content (AvgIpc) is 2.67. The van der Waals surface area contributed by atoms with E-state index in [-0.39, 0.29) is 12.5 Å². The molecule has 5 nitrogen and oxygen atoms in total. The molecule has 0 bridgehead atoms. The number of benzene rings is 2. The smallest absolute Gasteiger partial charge is 0.257 e. The van der Waals surface area contributed by atoms with E-state index < -0.39 is 0 Å². The van der Waals surface area contributed by atoms with Gasteiger partial charge in [-0.15, -0.1) is 0 Å². The summed E-state index contributed by atoms with van der Waals surface area (Å²) in [4.78, 5) is 16.1. The average molecular weight is 404 g/mol. The highest BCUT2D eigenvalue weighted by Crippen LogP contribution is 2.24. The van der Waals surface area contributed by atoms with Gasteiger partial charge in [0.2, 0.25) is 0 Å². The molecule has 2 aromatic carbocycles. The van der Waals surface area contributed by atoms with Gasteiger partial charge in [0, 0.05) is 40.4 Å².